The smallest absolute Gasteiger partial charge is 0.240 e. The van der Waals surface area contributed by atoms with Crippen molar-refractivity contribution in [2.75, 3.05) is 39.3 Å². The van der Waals surface area contributed by atoms with Crippen LogP contribution in [0, 0.1) is 5.92 Å². The number of hydrogen-bond acceptors (Lipinski definition) is 6. The molecule has 7 nitrogen and oxygen atoms in total. The fraction of sp³-hybridized carbons (Fsp3) is 0.556. The minimum absolute atomic E-state index is 0.0554. The summed E-state index contributed by atoms with van der Waals surface area (Å²) in [5, 5.41) is 5.42. The highest BCUT2D eigenvalue weighted by atomic mass is 32.1. The van der Waals surface area contributed by atoms with Gasteiger partial charge in [-0.2, -0.15) is 0 Å². The molecule has 4 aliphatic rings. The fourth-order valence-corrected chi connectivity index (χ4v) is 6.43. The van der Waals surface area contributed by atoms with E-state index in [1.165, 1.54) is 16.0 Å². The monoisotopic (exact) mass is 494 g/mol. The van der Waals surface area contributed by atoms with Gasteiger partial charge in [0, 0.05) is 62.5 Å². The predicted molar refractivity (Wildman–Crippen MR) is 135 cm³/mol. The molecule has 3 aliphatic heterocycles. The van der Waals surface area contributed by atoms with Crippen molar-refractivity contribution in [3.63, 3.8) is 0 Å². The summed E-state index contributed by atoms with van der Waals surface area (Å²) in [6.45, 7) is 6.05. The highest BCUT2D eigenvalue weighted by Gasteiger charge is 2.44. The molecule has 2 amide bonds. The first kappa shape index (κ1) is 23.0. The van der Waals surface area contributed by atoms with Gasteiger partial charge in [0.15, 0.2) is 0 Å². The van der Waals surface area contributed by atoms with Crippen molar-refractivity contribution in [1.82, 2.24) is 20.0 Å². The number of piperazine rings is 1. The normalized spacial score (nSPS) is 24.3. The van der Waals surface area contributed by atoms with Crippen molar-refractivity contribution in [3.05, 3.63) is 51.7 Å². The van der Waals surface area contributed by atoms with Crippen LogP contribution in [0.2, 0.25) is 0 Å². The number of carbonyl (C=O) groups is 2. The van der Waals surface area contributed by atoms with Crippen LogP contribution in [0.4, 0.5) is 0 Å². The van der Waals surface area contributed by atoms with Crippen molar-refractivity contribution in [3.8, 4) is 5.75 Å². The third kappa shape index (κ3) is 4.97. The Morgan fingerprint density at radius 3 is 2.80 bits per heavy atom. The zero-order valence-corrected chi connectivity index (χ0v) is 21.0. The summed E-state index contributed by atoms with van der Waals surface area (Å²) in [6, 6.07) is 10.5. The Balaban J connectivity index is 1.25. The van der Waals surface area contributed by atoms with Crippen LogP contribution in [0.1, 0.15) is 35.3 Å². The molecular weight excluding hydrogens is 460 g/mol. The minimum Gasteiger partial charge on any atom is -0.493 e. The molecule has 1 aromatic heterocycles. The van der Waals surface area contributed by atoms with Crippen molar-refractivity contribution < 1.29 is 14.3 Å². The number of amides is 2. The molecular formula is C27H34N4O3S. The summed E-state index contributed by atoms with van der Waals surface area (Å²) in [7, 11) is 0. The molecule has 1 aliphatic carbocycles. The molecule has 1 saturated carbocycles. The quantitative estimate of drug-likeness (QED) is 0.641. The molecule has 2 saturated heterocycles. The Bertz CT molecular complexity index is 1060. The maximum Gasteiger partial charge on any atom is 0.240 e. The van der Waals surface area contributed by atoms with Crippen molar-refractivity contribution >= 4 is 23.2 Å². The van der Waals surface area contributed by atoms with Crippen LogP contribution in [-0.4, -0.2) is 77.9 Å². The van der Waals surface area contributed by atoms with Crippen LogP contribution in [0.15, 0.2) is 35.7 Å². The van der Waals surface area contributed by atoms with E-state index in [2.05, 4.69) is 50.8 Å². The summed E-state index contributed by atoms with van der Waals surface area (Å²) < 4.78 is 5.69. The van der Waals surface area contributed by atoms with Crippen LogP contribution < -0.4 is 10.1 Å². The van der Waals surface area contributed by atoms with E-state index in [1.54, 1.807) is 11.3 Å². The van der Waals surface area contributed by atoms with E-state index >= 15 is 0 Å². The summed E-state index contributed by atoms with van der Waals surface area (Å²) >= 11 is 1.70. The van der Waals surface area contributed by atoms with E-state index in [9.17, 15) is 9.59 Å². The Morgan fingerprint density at radius 1 is 1.17 bits per heavy atom. The van der Waals surface area contributed by atoms with Crippen molar-refractivity contribution in [2.45, 2.75) is 50.9 Å². The van der Waals surface area contributed by atoms with Crippen molar-refractivity contribution in [1.29, 1.82) is 0 Å². The lowest BCUT2D eigenvalue weighted by atomic mass is 10.1. The first-order valence-corrected chi connectivity index (χ1v) is 13.8. The van der Waals surface area contributed by atoms with Gasteiger partial charge in [-0.05, 0) is 47.9 Å². The van der Waals surface area contributed by atoms with E-state index in [1.807, 2.05) is 4.90 Å². The second kappa shape index (κ2) is 9.91. The number of thiophene rings is 1. The van der Waals surface area contributed by atoms with Gasteiger partial charge in [0.05, 0.1) is 19.2 Å². The summed E-state index contributed by atoms with van der Waals surface area (Å²) in [4.78, 5) is 34.8. The standard InChI is InChI=1S/C27H34N4O3S/c32-26(20-4-5-20)31(18-23-2-1-13-35-23)22-15-24(27(33)29-10-8-28-9-11-29)30(17-22)16-19-3-6-25-21(14-19)7-12-34-25/h1-3,6,13-14,20,22,24,28H,4-5,7-12,15-18H2. The van der Waals surface area contributed by atoms with E-state index in [0.717, 1.165) is 70.9 Å². The number of ether oxygens (including phenoxy) is 1. The lowest BCUT2D eigenvalue weighted by Gasteiger charge is -2.32. The third-order valence-corrected chi connectivity index (χ3v) is 8.65. The SMILES string of the molecule is O=C(C1CC(N(Cc2cccs2)C(=O)C2CC2)CN1Cc1ccc2c(c1)CCO2)N1CCNCC1. The number of fused-ring (bicyclic) bond motifs is 1. The Kier molecular flexibility index (Phi) is 6.52. The Labute approximate surface area is 211 Å². The largest absolute Gasteiger partial charge is 0.493 e. The molecule has 0 radical (unpaired) electrons. The highest BCUT2D eigenvalue weighted by molar-refractivity contribution is 7.09. The number of rotatable bonds is 7. The predicted octanol–water partition coefficient (Wildman–Crippen LogP) is 2.50. The Hall–Kier alpha value is -2.42. The number of nitrogens with zero attached hydrogens (tertiary/aromatic N) is 3. The van der Waals surface area contributed by atoms with Crippen LogP contribution in [-0.2, 0) is 29.1 Å². The third-order valence-electron chi connectivity index (χ3n) is 7.79. The molecule has 0 bridgehead atoms. The molecule has 4 heterocycles. The van der Waals surface area contributed by atoms with E-state index in [0.29, 0.717) is 13.0 Å². The molecule has 1 aromatic carbocycles. The molecule has 35 heavy (non-hydrogen) atoms. The maximum atomic E-state index is 13.7. The first-order chi connectivity index (χ1) is 17.2. The van der Waals surface area contributed by atoms with Gasteiger partial charge in [0.25, 0.3) is 0 Å². The van der Waals surface area contributed by atoms with Crippen LogP contribution >= 0.6 is 11.3 Å². The minimum atomic E-state index is -0.194. The average molecular weight is 495 g/mol. The van der Waals surface area contributed by atoms with Crippen LogP contribution in [0.3, 0.4) is 0 Å². The van der Waals surface area contributed by atoms with E-state index < -0.39 is 0 Å². The molecule has 2 unspecified atom stereocenters. The fourth-order valence-electron chi connectivity index (χ4n) is 5.73. The lowest BCUT2D eigenvalue weighted by molar-refractivity contribution is -0.137. The Morgan fingerprint density at radius 2 is 2.03 bits per heavy atom. The molecule has 186 valence electrons. The van der Waals surface area contributed by atoms with E-state index in [-0.39, 0.29) is 29.8 Å². The number of hydrogen-bond donors (Lipinski definition) is 1. The van der Waals surface area contributed by atoms with Gasteiger partial charge in [-0.25, -0.2) is 0 Å². The number of likely N-dealkylation sites (tertiary alicyclic amines) is 1. The second-order valence-electron chi connectivity index (χ2n) is 10.3. The van der Waals surface area contributed by atoms with Gasteiger partial charge in [0.1, 0.15) is 5.75 Å². The maximum absolute atomic E-state index is 13.7. The number of benzene rings is 1. The van der Waals surface area contributed by atoms with Gasteiger partial charge < -0.3 is 19.9 Å². The topological polar surface area (TPSA) is 65.1 Å². The van der Waals surface area contributed by atoms with Gasteiger partial charge in [-0.1, -0.05) is 18.2 Å². The van der Waals surface area contributed by atoms with Crippen molar-refractivity contribution in [2.24, 2.45) is 5.92 Å². The molecule has 2 aromatic rings. The molecule has 1 N–H and O–H groups in total. The highest BCUT2D eigenvalue weighted by Crippen LogP contribution is 2.36. The van der Waals surface area contributed by atoms with Gasteiger partial charge >= 0.3 is 0 Å². The van der Waals surface area contributed by atoms with Gasteiger partial charge in [-0.3, -0.25) is 14.5 Å². The number of nitrogens with one attached hydrogen (secondary N) is 1. The summed E-state index contributed by atoms with van der Waals surface area (Å²) in [5.74, 6) is 1.64. The zero-order chi connectivity index (χ0) is 23.8. The van der Waals surface area contributed by atoms with Crippen LogP contribution in [0.5, 0.6) is 5.75 Å². The molecule has 3 fully saturated rings. The molecule has 2 atom stereocenters. The van der Waals surface area contributed by atoms with Crippen LogP contribution in [0.25, 0.3) is 0 Å². The average Bonchev–Trinajstić information content (AvgIpc) is 3.23. The van der Waals surface area contributed by atoms with E-state index in [4.69, 9.17) is 4.74 Å². The summed E-state index contributed by atoms with van der Waals surface area (Å²) in [5.41, 5.74) is 2.47. The molecule has 6 rings (SSSR count). The lowest BCUT2D eigenvalue weighted by Crippen LogP contribution is -2.52. The summed E-state index contributed by atoms with van der Waals surface area (Å²) in [6.07, 6.45) is 3.65. The zero-order valence-electron chi connectivity index (χ0n) is 20.2. The van der Waals surface area contributed by atoms with Gasteiger partial charge in [-0.15, -0.1) is 11.3 Å². The first-order valence-electron chi connectivity index (χ1n) is 13.0. The number of carbonyl (C=O) groups excluding carboxylic acids is 2. The van der Waals surface area contributed by atoms with Gasteiger partial charge in [0.2, 0.25) is 11.8 Å². The molecule has 8 heteroatoms. The molecule has 0 spiro atoms. The second-order valence-corrected chi connectivity index (χ2v) is 11.3.